The van der Waals surface area contributed by atoms with Crippen LogP contribution in [0, 0.1) is 0 Å². The quantitative estimate of drug-likeness (QED) is 0.936. The fourth-order valence-corrected chi connectivity index (χ4v) is 3.18. The van der Waals surface area contributed by atoms with E-state index in [1.807, 2.05) is 78.9 Å². The predicted molar refractivity (Wildman–Crippen MR) is 95.8 cm³/mol. The molecule has 0 bridgehead atoms. The summed E-state index contributed by atoms with van der Waals surface area (Å²) in [5.74, 6) is 1.39. The number of carbonyl (C=O) groups excluding carboxylic acids is 1. The van der Waals surface area contributed by atoms with Crippen molar-refractivity contribution < 1.29 is 14.3 Å². The van der Waals surface area contributed by atoms with Crippen LogP contribution in [0.2, 0.25) is 0 Å². The molecular weight excluding hydrogens is 314 g/mol. The Morgan fingerprint density at radius 2 is 1.68 bits per heavy atom. The molecule has 0 spiro atoms. The SMILES string of the molecule is O=C(NCC1COc2ccccc2O1)C1(c2ccccc2)C=CC=C1. The first-order chi connectivity index (χ1) is 12.3. The van der Waals surface area contributed by atoms with Gasteiger partial charge in [-0.25, -0.2) is 0 Å². The highest BCUT2D eigenvalue weighted by atomic mass is 16.6. The van der Waals surface area contributed by atoms with Crippen molar-refractivity contribution in [3.63, 3.8) is 0 Å². The first-order valence-corrected chi connectivity index (χ1v) is 8.37. The zero-order chi connectivity index (χ0) is 17.1. The molecule has 1 atom stereocenters. The number of nitrogens with one attached hydrogen (secondary N) is 1. The molecule has 4 heteroatoms. The largest absolute Gasteiger partial charge is 0.486 e. The maximum Gasteiger partial charge on any atom is 0.238 e. The van der Waals surface area contributed by atoms with Gasteiger partial charge in [-0.1, -0.05) is 66.8 Å². The number of ether oxygens (including phenoxy) is 2. The van der Waals surface area contributed by atoms with Crippen molar-refractivity contribution in [2.75, 3.05) is 13.2 Å². The second-order valence-corrected chi connectivity index (χ2v) is 6.16. The molecule has 126 valence electrons. The van der Waals surface area contributed by atoms with E-state index < -0.39 is 5.41 Å². The molecule has 4 nitrogen and oxygen atoms in total. The van der Waals surface area contributed by atoms with Crippen LogP contribution in [-0.4, -0.2) is 25.2 Å². The third kappa shape index (κ3) is 2.91. The zero-order valence-corrected chi connectivity index (χ0v) is 13.7. The number of hydrogen-bond acceptors (Lipinski definition) is 3. The minimum Gasteiger partial charge on any atom is -0.486 e. The molecule has 1 unspecified atom stereocenters. The Morgan fingerprint density at radius 3 is 2.44 bits per heavy atom. The van der Waals surface area contributed by atoms with Gasteiger partial charge in [0.05, 0.1) is 6.54 Å². The van der Waals surface area contributed by atoms with Crippen molar-refractivity contribution >= 4 is 5.91 Å². The van der Waals surface area contributed by atoms with Crippen LogP contribution in [0.15, 0.2) is 78.9 Å². The summed E-state index contributed by atoms with van der Waals surface area (Å²) in [5.41, 5.74) is 0.193. The summed E-state index contributed by atoms with van der Waals surface area (Å²) in [4.78, 5) is 12.9. The highest BCUT2D eigenvalue weighted by molar-refractivity contribution is 5.93. The third-order valence-electron chi connectivity index (χ3n) is 4.51. The molecule has 2 aromatic carbocycles. The lowest BCUT2D eigenvalue weighted by atomic mass is 9.81. The summed E-state index contributed by atoms with van der Waals surface area (Å²) >= 11 is 0. The van der Waals surface area contributed by atoms with Gasteiger partial charge in [0, 0.05) is 0 Å². The van der Waals surface area contributed by atoms with Gasteiger partial charge in [0.1, 0.15) is 18.1 Å². The molecule has 25 heavy (non-hydrogen) atoms. The maximum atomic E-state index is 12.9. The average molecular weight is 333 g/mol. The van der Waals surface area contributed by atoms with Gasteiger partial charge in [-0.05, 0) is 17.7 Å². The lowest BCUT2D eigenvalue weighted by molar-refractivity contribution is -0.124. The van der Waals surface area contributed by atoms with Crippen molar-refractivity contribution in [3.05, 3.63) is 84.5 Å². The van der Waals surface area contributed by atoms with Crippen molar-refractivity contribution in [2.24, 2.45) is 0 Å². The summed E-state index contributed by atoms with van der Waals surface area (Å²) in [5, 5.41) is 3.02. The van der Waals surface area contributed by atoms with Gasteiger partial charge in [0.25, 0.3) is 0 Å². The van der Waals surface area contributed by atoms with E-state index in [1.54, 1.807) is 0 Å². The summed E-state index contributed by atoms with van der Waals surface area (Å²) in [7, 11) is 0. The second kappa shape index (κ2) is 6.48. The van der Waals surface area contributed by atoms with Gasteiger partial charge in [0.15, 0.2) is 11.5 Å². The van der Waals surface area contributed by atoms with Gasteiger partial charge >= 0.3 is 0 Å². The van der Waals surface area contributed by atoms with Gasteiger partial charge < -0.3 is 14.8 Å². The number of rotatable bonds is 4. The molecular formula is C21H19NO3. The summed E-state index contributed by atoms with van der Waals surface area (Å²) in [6.45, 7) is 0.810. The van der Waals surface area contributed by atoms with E-state index in [0.29, 0.717) is 18.9 Å². The van der Waals surface area contributed by atoms with Crippen LogP contribution in [0.3, 0.4) is 0 Å². The third-order valence-corrected chi connectivity index (χ3v) is 4.51. The van der Waals surface area contributed by atoms with Crippen LogP contribution >= 0.6 is 0 Å². The standard InChI is InChI=1S/C21H19NO3/c23-20(21(12-6-7-13-21)16-8-2-1-3-9-16)22-14-17-15-24-18-10-4-5-11-19(18)25-17/h1-13,17H,14-15H2,(H,22,23). The van der Waals surface area contributed by atoms with Gasteiger partial charge in [-0.3, -0.25) is 4.79 Å². The fourth-order valence-electron chi connectivity index (χ4n) is 3.18. The molecule has 1 aliphatic carbocycles. The van der Waals surface area contributed by atoms with Crippen molar-refractivity contribution in [3.8, 4) is 11.5 Å². The van der Waals surface area contributed by atoms with E-state index in [2.05, 4.69) is 5.32 Å². The Morgan fingerprint density at radius 1 is 1.00 bits per heavy atom. The highest BCUT2D eigenvalue weighted by Crippen LogP contribution is 2.32. The molecule has 0 aromatic heterocycles. The number of para-hydroxylation sites is 2. The Labute approximate surface area is 146 Å². The zero-order valence-electron chi connectivity index (χ0n) is 13.7. The maximum absolute atomic E-state index is 12.9. The number of benzene rings is 2. The fraction of sp³-hybridized carbons (Fsp3) is 0.190. The summed E-state index contributed by atoms with van der Waals surface area (Å²) < 4.78 is 11.6. The van der Waals surface area contributed by atoms with Gasteiger partial charge in [-0.15, -0.1) is 0 Å². The molecule has 1 N–H and O–H groups in total. The van der Waals surface area contributed by atoms with E-state index in [4.69, 9.17) is 9.47 Å². The van der Waals surface area contributed by atoms with Gasteiger partial charge in [0.2, 0.25) is 5.91 Å². The number of hydrogen-bond donors (Lipinski definition) is 1. The first kappa shape index (κ1) is 15.5. The van der Waals surface area contributed by atoms with E-state index in [-0.39, 0.29) is 12.0 Å². The number of allylic oxidation sites excluding steroid dienone is 2. The Balaban J connectivity index is 1.45. The molecule has 4 rings (SSSR count). The van der Waals surface area contributed by atoms with Crippen LogP contribution in [-0.2, 0) is 10.2 Å². The molecule has 1 amide bonds. The minimum absolute atomic E-state index is 0.0637. The predicted octanol–water partition coefficient (Wildman–Crippen LogP) is 3.01. The lowest BCUT2D eigenvalue weighted by Gasteiger charge is -2.29. The minimum atomic E-state index is -0.755. The number of carbonyl (C=O) groups is 1. The summed E-state index contributed by atoms with van der Waals surface area (Å²) in [6, 6.07) is 17.3. The molecule has 0 radical (unpaired) electrons. The Hall–Kier alpha value is -3.01. The average Bonchev–Trinajstić information content (AvgIpc) is 3.18. The van der Waals surface area contributed by atoms with Crippen LogP contribution in [0.5, 0.6) is 11.5 Å². The van der Waals surface area contributed by atoms with Crippen LogP contribution in [0.1, 0.15) is 5.56 Å². The van der Waals surface area contributed by atoms with E-state index in [9.17, 15) is 4.79 Å². The molecule has 1 heterocycles. The summed E-state index contributed by atoms with van der Waals surface area (Å²) in [6.07, 6.45) is 7.45. The van der Waals surface area contributed by atoms with Gasteiger partial charge in [-0.2, -0.15) is 0 Å². The Bertz CT molecular complexity index is 814. The van der Waals surface area contributed by atoms with Crippen molar-refractivity contribution in [1.82, 2.24) is 5.32 Å². The number of fused-ring (bicyclic) bond motifs is 1. The molecule has 2 aliphatic rings. The lowest BCUT2D eigenvalue weighted by Crippen LogP contribution is -2.47. The van der Waals surface area contributed by atoms with Crippen molar-refractivity contribution in [2.45, 2.75) is 11.5 Å². The van der Waals surface area contributed by atoms with E-state index in [1.165, 1.54) is 0 Å². The molecule has 0 saturated carbocycles. The van der Waals surface area contributed by atoms with Crippen LogP contribution < -0.4 is 14.8 Å². The molecule has 1 aliphatic heterocycles. The van der Waals surface area contributed by atoms with Crippen molar-refractivity contribution in [1.29, 1.82) is 0 Å². The smallest absolute Gasteiger partial charge is 0.238 e. The highest BCUT2D eigenvalue weighted by Gasteiger charge is 2.37. The Kier molecular flexibility index (Phi) is 4.02. The molecule has 0 fully saturated rings. The normalized spacial score (nSPS) is 19.6. The van der Waals surface area contributed by atoms with Crippen LogP contribution in [0.4, 0.5) is 0 Å². The monoisotopic (exact) mass is 333 g/mol. The first-order valence-electron chi connectivity index (χ1n) is 8.37. The van der Waals surface area contributed by atoms with E-state index >= 15 is 0 Å². The van der Waals surface area contributed by atoms with Crippen LogP contribution in [0.25, 0.3) is 0 Å². The topological polar surface area (TPSA) is 47.6 Å². The second-order valence-electron chi connectivity index (χ2n) is 6.16. The van der Waals surface area contributed by atoms with E-state index in [0.717, 1.165) is 11.3 Å². The molecule has 0 saturated heterocycles. The number of amides is 1. The molecule has 2 aromatic rings.